The molecule has 0 bridgehead atoms. The number of anilines is 1. The summed E-state index contributed by atoms with van der Waals surface area (Å²) in [5.74, 6) is -0.0991. The van der Waals surface area contributed by atoms with Crippen molar-refractivity contribution in [3.63, 3.8) is 0 Å². The second-order valence-corrected chi connectivity index (χ2v) is 4.89. The third-order valence-corrected chi connectivity index (χ3v) is 3.12. The number of aryl methyl sites for hydroxylation is 2. The highest BCUT2D eigenvalue weighted by Gasteiger charge is 2.09. The molecule has 2 N–H and O–H groups in total. The predicted molar refractivity (Wildman–Crippen MR) is 83.3 cm³/mol. The van der Waals surface area contributed by atoms with Crippen LogP contribution in [0, 0.1) is 13.8 Å². The molecule has 0 saturated heterocycles. The van der Waals surface area contributed by atoms with Gasteiger partial charge in [-0.3, -0.25) is 14.8 Å². The van der Waals surface area contributed by atoms with E-state index in [1.165, 1.54) is 0 Å². The van der Waals surface area contributed by atoms with Gasteiger partial charge in [-0.05, 0) is 44.5 Å². The summed E-state index contributed by atoms with van der Waals surface area (Å²) < 4.78 is 0. The Kier molecular flexibility index (Phi) is 4.87. The molecule has 5 nitrogen and oxygen atoms in total. The molecular weight excluding hydrogens is 264 g/mol. The Morgan fingerprint density at radius 3 is 2.62 bits per heavy atom. The zero-order valence-electron chi connectivity index (χ0n) is 12.6. The highest BCUT2D eigenvalue weighted by atomic mass is 16.1. The van der Waals surface area contributed by atoms with Crippen molar-refractivity contribution >= 4 is 11.6 Å². The van der Waals surface area contributed by atoms with Crippen LogP contribution in [0.25, 0.3) is 0 Å². The molecule has 2 rings (SSSR count). The van der Waals surface area contributed by atoms with Gasteiger partial charge in [0.25, 0.3) is 5.91 Å². The largest absolute Gasteiger partial charge is 0.385 e. The molecule has 0 radical (unpaired) electrons. The average Bonchev–Trinajstić information content (AvgIpc) is 2.47. The lowest BCUT2D eigenvalue weighted by Crippen LogP contribution is -2.24. The average molecular weight is 284 g/mol. The maximum absolute atomic E-state index is 12.2. The molecule has 5 heteroatoms. The molecule has 2 aromatic rings. The van der Waals surface area contributed by atoms with Crippen LogP contribution in [0.1, 0.15) is 34.2 Å². The number of hydrogen-bond acceptors (Lipinski definition) is 4. The number of aromatic nitrogens is 2. The van der Waals surface area contributed by atoms with E-state index in [9.17, 15) is 4.79 Å². The van der Waals surface area contributed by atoms with Gasteiger partial charge in [-0.25, -0.2) is 0 Å². The zero-order chi connectivity index (χ0) is 15.2. The molecule has 0 atom stereocenters. The molecule has 1 aromatic heterocycles. The fraction of sp³-hybridized carbons (Fsp3) is 0.312. The van der Waals surface area contributed by atoms with E-state index < -0.39 is 0 Å². The highest BCUT2D eigenvalue weighted by Crippen LogP contribution is 2.15. The first-order chi connectivity index (χ1) is 10.1. The number of benzene rings is 1. The van der Waals surface area contributed by atoms with Crippen molar-refractivity contribution in [1.82, 2.24) is 15.3 Å². The van der Waals surface area contributed by atoms with Gasteiger partial charge in [-0.2, -0.15) is 0 Å². The van der Waals surface area contributed by atoms with Gasteiger partial charge in [0.2, 0.25) is 0 Å². The van der Waals surface area contributed by atoms with Crippen molar-refractivity contribution < 1.29 is 4.79 Å². The third-order valence-electron chi connectivity index (χ3n) is 3.12. The third kappa shape index (κ3) is 4.02. The molecule has 0 saturated carbocycles. The van der Waals surface area contributed by atoms with E-state index in [1.807, 2.05) is 39.0 Å². The van der Waals surface area contributed by atoms with Crippen LogP contribution in [-0.4, -0.2) is 22.4 Å². The summed E-state index contributed by atoms with van der Waals surface area (Å²) in [5.41, 5.74) is 4.25. The normalized spacial score (nSPS) is 10.2. The maximum Gasteiger partial charge on any atom is 0.251 e. The van der Waals surface area contributed by atoms with Crippen LogP contribution >= 0.6 is 0 Å². The number of nitrogens with one attached hydrogen (secondary N) is 2. The Morgan fingerprint density at radius 1 is 1.19 bits per heavy atom. The summed E-state index contributed by atoms with van der Waals surface area (Å²) in [6.45, 7) is 7.09. The number of hydrogen-bond donors (Lipinski definition) is 2. The van der Waals surface area contributed by atoms with Gasteiger partial charge in [-0.1, -0.05) is 0 Å². The Morgan fingerprint density at radius 2 is 2.00 bits per heavy atom. The van der Waals surface area contributed by atoms with Crippen LogP contribution in [0.4, 0.5) is 5.69 Å². The van der Waals surface area contributed by atoms with Crippen molar-refractivity contribution in [1.29, 1.82) is 0 Å². The Bertz CT molecular complexity index is 623. The summed E-state index contributed by atoms with van der Waals surface area (Å²) in [5, 5.41) is 6.09. The molecule has 0 spiro atoms. The van der Waals surface area contributed by atoms with Gasteiger partial charge in [0.15, 0.2) is 0 Å². The maximum atomic E-state index is 12.2. The SMILES string of the molecule is CCNc1ccc(C(=O)NCc2cnc(C)cn2)c(C)c1. The van der Waals surface area contributed by atoms with Crippen LogP contribution in [0.15, 0.2) is 30.6 Å². The van der Waals surface area contributed by atoms with E-state index in [4.69, 9.17) is 0 Å². The van der Waals surface area contributed by atoms with E-state index in [1.54, 1.807) is 12.4 Å². The number of amides is 1. The van der Waals surface area contributed by atoms with Gasteiger partial charge in [0.1, 0.15) is 0 Å². The predicted octanol–water partition coefficient (Wildman–Crippen LogP) is 2.46. The van der Waals surface area contributed by atoms with Crippen LogP contribution in [-0.2, 0) is 6.54 Å². The van der Waals surface area contributed by atoms with Crippen molar-refractivity contribution in [2.45, 2.75) is 27.3 Å². The fourth-order valence-electron chi connectivity index (χ4n) is 2.01. The zero-order valence-corrected chi connectivity index (χ0v) is 12.6. The minimum Gasteiger partial charge on any atom is -0.385 e. The number of carbonyl (C=O) groups is 1. The highest BCUT2D eigenvalue weighted by molar-refractivity contribution is 5.96. The van der Waals surface area contributed by atoms with Crippen LogP contribution in [0.3, 0.4) is 0 Å². The Hall–Kier alpha value is -2.43. The standard InChI is InChI=1S/C16H20N4O/c1-4-17-13-5-6-15(11(2)7-13)16(21)20-10-14-9-18-12(3)8-19-14/h5-9,17H,4,10H2,1-3H3,(H,20,21). The summed E-state index contributed by atoms with van der Waals surface area (Å²) in [4.78, 5) is 20.6. The van der Waals surface area contributed by atoms with Crippen molar-refractivity contribution in [3.8, 4) is 0 Å². The lowest BCUT2D eigenvalue weighted by atomic mass is 10.1. The molecule has 0 aliphatic carbocycles. The molecular formula is C16H20N4O. The smallest absolute Gasteiger partial charge is 0.251 e. The van der Waals surface area contributed by atoms with Crippen LogP contribution in [0.5, 0.6) is 0 Å². The van der Waals surface area contributed by atoms with E-state index in [0.29, 0.717) is 12.1 Å². The minimum absolute atomic E-state index is 0.0991. The second kappa shape index (κ2) is 6.83. The van der Waals surface area contributed by atoms with E-state index >= 15 is 0 Å². The summed E-state index contributed by atoms with van der Waals surface area (Å²) in [7, 11) is 0. The van der Waals surface area contributed by atoms with E-state index in [2.05, 4.69) is 20.6 Å². The van der Waals surface area contributed by atoms with Crippen LogP contribution in [0.2, 0.25) is 0 Å². The molecule has 110 valence electrons. The van der Waals surface area contributed by atoms with Crippen molar-refractivity contribution in [2.75, 3.05) is 11.9 Å². The Balaban J connectivity index is 2.01. The molecule has 0 fully saturated rings. The van der Waals surface area contributed by atoms with E-state index in [-0.39, 0.29) is 5.91 Å². The first kappa shape index (κ1) is 15.0. The molecule has 0 aliphatic rings. The lowest BCUT2D eigenvalue weighted by molar-refractivity contribution is 0.0950. The lowest BCUT2D eigenvalue weighted by Gasteiger charge is -2.10. The van der Waals surface area contributed by atoms with Crippen molar-refractivity contribution in [3.05, 3.63) is 53.1 Å². The molecule has 21 heavy (non-hydrogen) atoms. The summed E-state index contributed by atoms with van der Waals surface area (Å²) >= 11 is 0. The molecule has 1 heterocycles. The van der Waals surface area contributed by atoms with Gasteiger partial charge in [0.05, 0.1) is 24.1 Å². The molecule has 1 amide bonds. The van der Waals surface area contributed by atoms with Crippen molar-refractivity contribution in [2.24, 2.45) is 0 Å². The Labute approximate surface area is 124 Å². The topological polar surface area (TPSA) is 66.9 Å². The summed E-state index contributed by atoms with van der Waals surface area (Å²) in [6, 6.07) is 5.73. The second-order valence-electron chi connectivity index (χ2n) is 4.89. The van der Waals surface area contributed by atoms with Gasteiger partial charge < -0.3 is 10.6 Å². The number of rotatable bonds is 5. The fourth-order valence-corrected chi connectivity index (χ4v) is 2.01. The molecule has 1 aromatic carbocycles. The monoisotopic (exact) mass is 284 g/mol. The van der Waals surface area contributed by atoms with Gasteiger partial charge in [-0.15, -0.1) is 0 Å². The quantitative estimate of drug-likeness (QED) is 0.885. The van der Waals surface area contributed by atoms with E-state index in [0.717, 1.165) is 29.2 Å². The van der Waals surface area contributed by atoms with Gasteiger partial charge in [0, 0.05) is 24.0 Å². The first-order valence-corrected chi connectivity index (χ1v) is 7.00. The minimum atomic E-state index is -0.0991. The molecule has 0 aliphatic heterocycles. The number of nitrogens with zero attached hydrogens (tertiary/aromatic N) is 2. The first-order valence-electron chi connectivity index (χ1n) is 7.00. The summed E-state index contributed by atoms with van der Waals surface area (Å²) in [6.07, 6.45) is 3.37. The van der Waals surface area contributed by atoms with Crippen LogP contribution < -0.4 is 10.6 Å². The molecule has 0 unspecified atom stereocenters. The number of carbonyl (C=O) groups excluding carboxylic acids is 1. The van der Waals surface area contributed by atoms with Gasteiger partial charge >= 0.3 is 0 Å².